The molecular weight excluding hydrogens is 330 g/mol. The molecule has 3 rings (SSSR count). The average molecular weight is 344 g/mol. The molecule has 1 aliphatic heterocycles. The highest BCUT2D eigenvalue weighted by molar-refractivity contribution is 6.34. The Bertz CT molecular complexity index is 858. The minimum Gasteiger partial charge on any atom is -0.497 e. The van der Waals surface area contributed by atoms with Crippen molar-refractivity contribution in [2.45, 2.75) is 0 Å². The lowest BCUT2D eigenvalue weighted by Crippen LogP contribution is -2.06. The second kappa shape index (κ2) is 6.76. The van der Waals surface area contributed by atoms with Crippen molar-refractivity contribution in [3.05, 3.63) is 64.3 Å². The van der Waals surface area contributed by atoms with Crippen molar-refractivity contribution in [1.82, 2.24) is 0 Å². The number of carbonyl (C=O) groups excluding carboxylic acids is 1. The van der Waals surface area contributed by atoms with Crippen LogP contribution in [0.3, 0.4) is 0 Å². The lowest BCUT2D eigenvalue weighted by Gasteiger charge is -2.05. The molecule has 2 aromatic carbocycles. The molecule has 0 saturated carbocycles. The van der Waals surface area contributed by atoms with Gasteiger partial charge in [-0.25, -0.2) is 9.79 Å². The molecule has 122 valence electrons. The second-order valence-electron chi connectivity index (χ2n) is 4.96. The Morgan fingerprint density at radius 3 is 2.54 bits per heavy atom. The fourth-order valence-corrected chi connectivity index (χ4v) is 2.46. The number of rotatable bonds is 4. The summed E-state index contributed by atoms with van der Waals surface area (Å²) in [5.74, 6) is 0.945. The molecule has 5 nitrogen and oxygen atoms in total. The topological polar surface area (TPSA) is 57.1 Å². The molecule has 0 bridgehead atoms. The van der Waals surface area contributed by atoms with E-state index in [1.807, 2.05) is 18.2 Å². The van der Waals surface area contributed by atoms with Gasteiger partial charge in [0, 0.05) is 0 Å². The number of halogens is 1. The van der Waals surface area contributed by atoms with Gasteiger partial charge in [-0.1, -0.05) is 23.7 Å². The molecule has 1 heterocycles. The first kappa shape index (κ1) is 16.1. The van der Waals surface area contributed by atoms with Crippen LogP contribution in [0.4, 0.5) is 0 Å². The fourth-order valence-electron chi connectivity index (χ4n) is 2.21. The lowest BCUT2D eigenvalue weighted by molar-refractivity contribution is -0.129. The Morgan fingerprint density at radius 2 is 1.83 bits per heavy atom. The van der Waals surface area contributed by atoms with Crippen LogP contribution >= 0.6 is 11.6 Å². The van der Waals surface area contributed by atoms with Crippen LogP contribution in [0.2, 0.25) is 5.02 Å². The Morgan fingerprint density at radius 1 is 1.08 bits per heavy atom. The third-order valence-corrected chi connectivity index (χ3v) is 3.74. The molecule has 0 N–H and O–H groups in total. The first-order valence-electron chi connectivity index (χ1n) is 7.11. The van der Waals surface area contributed by atoms with Crippen molar-refractivity contribution in [2.24, 2.45) is 4.99 Å². The molecule has 0 saturated heterocycles. The average Bonchev–Trinajstić information content (AvgIpc) is 2.95. The predicted octanol–water partition coefficient (Wildman–Crippen LogP) is 3.70. The van der Waals surface area contributed by atoms with E-state index >= 15 is 0 Å². The molecule has 6 heteroatoms. The predicted molar refractivity (Wildman–Crippen MR) is 91.6 cm³/mol. The van der Waals surface area contributed by atoms with E-state index in [1.165, 1.54) is 0 Å². The van der Waals surface area contributed by atoms with Gasteiger partial charge in [0.2, 0.25) is 5.90 Å². The van der Waals surface area contributed by atoms with Crippen molar-refractivity contribution in [3.8, 4) is 11.5 Å². The van der Waals surface area contributed by atoms with Gasteiger partial charge in [0.1, 0.15) is 11.5 Å². The molecule has 0 unspecified atom stereocenters. The Balaban J connectivity index is 1.94. The van der Waals surface area contributed by atoms with Gasteiger partial charge in [-0.3, -0.25) is 0 Å². The first-order valence-corrected chi connectivity index (χ1v) is 7.49. The number of cyclic esters (lactones) is 1. The van der Waals surface area contributed by atoms with E-state index in [2.05, 4.69) is 4.99 Å². The highest BCUT2D eigenvalue weighted by atomic mass is 35.5. The van der Waals surface area contributed by atoms with Gasteiger partial charge in [0.25, 0.3) is 0 Å². The molecular formula is C18H14ClNO4. The summed E-state index contributed by atoms with van der Waals surface area (Å²) in [6.45, 7) is 0. The highest BCUT2D eigenvalue weighted by Crippen LogP contribution is 2.27. The zero-order valence-electron chi connectivity index (χ0n) is 13.1. The zero-order chi connectivity index (χ0) is 17.1. The van der Waals surface area contributed by atoms with Crippen LogP contribution in [0.25, 0.3) is 6.08 Å². The molecule has 0 amide bonds. The minimum atomic E-state index is -0.528. The number of benzene rings is 2. The van der Waals surface area contributed by atoms with Crippen LogP contribution in [-0.4, -0.2) is 26.1 Å². The van der Waals surface area contributed by atoms with Gasteiger partial charge in [0.15, 0.2) is 5.70 Å². The van der Waals surface area contributed by atoms with E-state index in [0.29, 0.717) is 22.1 Å². The first-order chi connectivity index (χ1) is 11.6. The molecule has 0 radical (unpaired) electrons. The van der Waals surface area contributed by atoms with Crippen molar-refractivity contribution in [3.63, 3.8) is 0 Å². The van der Waals surface area contributed by atoms with Crippen LogP contribution in [0.1, 0.15) is 11.1 Å². The monoisotopic (exact) mass is 343 g/mol. The van der Waals surface area contributed by atoms with Gasteiger partial charge in [-0.05, 0) is 42.0 Å². The number of hydrogen-bond donors (Lipinski definition) is 0. The smallest absolute Gasteiger partial charge is 0.363 e. The Kier molecular flexibility index (Phi) is 4.53. The van der Waals surface area contributed by atoms with Crippen LogP contribution in [0, 0.1) is 0 Å². The number of methoxy groups -OCH3 is 2. The second-order valence-corrected chi connectivity index (χ2v) is 5.37. The molecule has 0 aromatic heterocycles. The number of hydrogen-bond acceptors (Lipinski definition) is 5. The molecule has 1 aliphatic rings. The van der Waals surface area contributed by atoms with Crippen LogP contribution in [0.15, 0.2) is 53.2 Å². The molecule has 0 fully saturated rings. The van der Waals surface area contributed by atoms with E-state index < -0.39 is 5.97 Å². The van der Waals surface area contributed by atoms with Crippen molar-refractivity contribution in [1.29, 1.82) is 0 Å². The molecule has 0 aliphatic carbocycles. The number of nitrogens with zero attached hydrogens (tertiary/aromatic N) is 1. The summed E-state index contributed by atoms with van der Waals surface area (Å²) in [5.41, 5.74) is 1.51. The summed E-state index contributed by atoms with van der Waals surface area (Å²) in [5, 5.41) is 0.392. The number of aliphatic imine (C=N–C) groups is 1. The minimum absolute atomic E-state index is 0.168. The SMILES string of the molecule is COc1cccc(C=C2N=C(c3ccc(OC)cc3Cl)OC2=O)c1. The summed E-state index contributed by atoms with van der Waals surface area (Å²) in [7, 11) is 3.13. The highest BCUT2D eigenvalue weighted by Gasteiger charge is 2.25. The molecule has 2 aromatic rings. The normalized spacial score (nSPS) is 15.2. The molecule has 24 heavy (non-hydrogen) atoms. The van der Waals surface area contributed by atoms with E-state index in [0.717, 1.165) is 5.56 Å². The number of ether oxygens (including phenoxy) is 3. The van der Waals surface area contributed by atoms with Crippen LogP contribution < -0.4 is 9.47 Å². The van der Waals surface area contributed by atoms with Gasteiger partial charge in [0.05, 0.1) is 24.8 Å². The van der Waals surface area contributed by atoms with Crippen LogP contribution in [0.5, 0.6) is 11.5 Å². The largest absolute Gasteiger partial charge is 0.497 e. The van der Waals surface area contributed by atoms with Crippen molar-refractivity contribution in [2.75, 3.05) is 14.2 Å². The number of esters is 1. The summed E-state index contributed by atoms with van der Waals surface area (Å²) in [4.78, 5) is 16.3. The molecule has 0 atom stereocenters. The Labute approximate surface area is 144 Å². The standard InChI is InChI=1S/C18H14ClNO4/c1-22-12-5-3-4-11(8-12)9-16-18(21)24-17(20-16)14-7-6-13(23-2)10-15(14)19/h3-10H,1-2H3. The maximum Gasteiger partial charge on any atom is 0.363 e. The van der Waals surface area contributed by atoms with Gasteiger partial charge in [-0.2, -0.15) is 0 Å². The summed E-state index contributed by atoms with van der Waals surface area (Å²) < 4.78 is 15.5. The number of carbonyl (C=O) groups is 1. The fraction of sp³-hybridized carbons (Fsp3) is 0.111. The van der Waals surface area contributed by atoms with E-state index in [4.69, 9.17) is 25.8 Å². The maximum absolute atomic E-state index is 12.0. The Hall–Kier alpha value is -2.79. The van der Waals surface area contributed by atoms with E-state index in [1.54, 1.807) is 44.6 Å². The maximum atomic E-state index is 12.0. The van der Waals surface area contributed by atoms with E-state index in [-0.39, 0.29) is 11.6 Å². The molecule has 0 spiro atoms. The zero-order valence-corrected chi connectivity index (χ0v) is 13.8. The van der Waals surface area contributed by atoms with Gasteiger partial charge < -0.3 is 14.2 Å². The third-order valence-electron chi connectivity index (χ3n) is 3.42. The van der Waals surface area contributed by atoms with Crippen molar-refractivity contribution < 1.29 is 19.0 Å². The van der Waals surface area contributed by atoms with E-state index in [9.17, 15) is 4.79 Å². The summed E-state index contributed by atoms with van der Waals surface area (Å²) in [6, 6.07) is 12.3. The summed E-state index contributed by atoms with van der Waals surface area (Å²) in [6.07, 6.45) is 1.63. The third kappa shape index (κ3) is 3.26. The lowest BCUT2D eigenvalue weighted by atomic mass is 10.2. The summed E-state index contributed by atoms with van der Waals surface area (Å²) >= 11 is 6.20. The quantitative estimate of drug-likeness (QED) is 0.627. The van der Waals surface area contributed by atoms with Crippen molar-refractivity contribution >= 4 is 29.5 Å². The van der Waals surface area contributed by atoms with Gasteiger partial charge in [-0.15, -0.1) is 0 Å². The van der Waals surface area contributed by atoms with Gasteiger partial charge >= 0.3 is 5.97 Å². The van der Waals surface area contributed by atoms with Crippen LogP contribution in [-0.2, 0) is 9.53 Å².